The van der Waals surface area contributed by atoms with Crippen molar-refractivity contribution in [3.63, 3.8) is 0 Å². The summed E-state index contributed by atoms with van der Waals surface area (Å²) in [6, 6.07) is 2.31. The predicted molar refractivity (Wildman–Crippen MR) is 91.7 cm³/mol. The fourth-order valence-electron chi connectivity index (χ4n) is 3.50. The minimum atomic E-state index is 0.445. The van der Waals surface area contributed by atoms with E-state index in [1.165, 1.54) is 34.6 Å². The van der Waals surface area contributed by atoms with Gasteiger partial charge in [-0.2, -0.15) is 0 Å². The smallest absolute Gasteiger partial charge is 0.0731 e. The molecule has 3 heteroatoms. The van der Waals surface area contributed by atoms with Gasteiger partial charge in [0, 0.05) is 16.3 Å². The standard InChI is InChI=1S/C18H31NOS/c1-12(2)17-7-6-13(3)8-18(17)20-11-15-9-16(10-19-5)21-14(15)4/h9,12-13,17-19H,6-8,10-11H2,1-5H3. The third kappa shape index (κ3) is 4.54. The largest absolute Gasteiger partial charge is 0.373 e. The lowest BCUT2D eigenvalue weighted by Gasteiger charge is -2.37. The minimum absolute atomic E-state index is 0.445. The summed E-state index contributed by atoms with van der Waals surface area (Å²) in [5.74, 6) is 2.27. The molecule has 0 radical (unpaired) electrons. The summed E-state index contributed by atoms with van der Waals surface area (Å²) in [7, 11) is 2.00. The SMILES string of the molecule is CNCc1cc(COC2CC(C)CCC2C(C)C)c(C)s1. The second-order valence-corrected chi connectivity index (χ2v) is 8.34. The van der Waals surface area contributed by atoms with Crippen LogP contribution in [-0.2, 0) is 17.9 Å². The summed E-state index contributed by atoms with van der Waals surface area (Å²) in [6.45, 7) is 11.0. The molecular weight excluding hydrogens is 278 g/mol. The minimum Gasteiger partial charge on any atom is -0.373 e. The van der Waals surface area contributed by atoms with Crippen molar-refractivity contribution in [3.05, 3.63) is 21.4 Å². The normalized spacial score (nSPS) is 26.5. The van der Waals surface area contributed by atoms with Crippen LogP contribution in [0.2, 0.25) is 0 Å². The Morgan fingerprint density at radius 3 is 2.81 bits per heavy atom. The lowest BCUT2D eigenvalue weighted by atomic mass is 9.75. The first-order valence-corrected chi connectivity index (χ1v) is 9.17. The first-order valence-electron chi connectivity index (χ1n) is 8.35. The van der Waals surface area contributed by atoms with Crippen molar-refractivity contribution >= 4 is 11.3 Å². The van der Waals surface area contributed by atoms with Crippen molar-refractivity contribution in [1.82, 2.24) is 5.32 Å². The molecule has 0 aromatic carbocycles. The molecule has 2 rings (SSSR count). The summed E-state index contributed by atoms with van der Waals surface area (Å²) >= 11 is 1.89. The molecule has 1 aliphatic carbocycles. The molecule has 21 heavy (non-hydrogen) atoms. The number of hydrogen-bond donors (Lipinski definition) is 1. The van der Waals surface area contributed by atoms with Gasteiger partial charge in [0.05, 0.1) is 12.7 Å². The van der Waals surface area contributed by atoms with Crippen LogP contribution < -0.4 is 5.32 Å². The van der Waals surface area contributed by atoms with Gasteiger partial charge < -0.3 is 10.1 Å². The summed E-state index contributed by atoms with van der Waals surface area (Å²) < 4.78 is 6.37. The maximum absolute atomic E-state index is 6.37. The lowest BCUT2D eigenvalue weighted by molar-refractivity contribution is -0.0473. The van der Waals surface area contributed by atoms with Crippen molar-refractivity contribution in [2.24, 2.45) is 17.8 Å². The molecule has 3 unspecified atom stereocenters. The van der Waals surface area contributed by atoms with Gasteiger partial charge in [0.1, 0.15) is 0 Å². The van der Waals surface area contributed by atoms with E-state index in [2.05, 4.69) is 39.1 Å². The Morgan fingerprint density at radius 1 is 1.38 bits per heavy atom. The van der Waals surface area contributed by atoms with Crippen LogP contribution in [0.4, 0.5) is 0 Å². The van der Waals surface area contributed by atoms with Crippen LogP contribution in [0.3, 0.4) is 0 Å². The predicted octanol–water partition coefficient (Wildman–Crippen LogP) is 4.75. The maximum Gasteiger partial charge on any atom is 0.0731 e. The molecule has 1 N–H and O–H groups in total. The molecule has 0 aliphatic heterocycles. The summed E-state index contributed by atoms with van der Waals surface area (Å²) in [6.07, 6.45) is 4.37. The van der Waals surface area contributed by atoms with E-state index in [4.69, 9.17) is 4.74 Å². The van der Waals surface area contributed by atoms with Gasteiger partial charge >= 0.3 is 0 Å². The number of aryl methyl sites for hydroxylation is 1. The Morgan fingerprint density at radius 2 is 2.14 bits per heavy atom. The van der Waals surface area contributed by atoms with Crippen LogP contribution in [0.1, 0.15) is 55.4 Å². The highest BCUT2D eigenvalue weighted by Crippen LogP contribution is 2.36. The van der Waals surface area contributed by atoms with Gasteiger partial charge in [-0.15, -0.1) is 11.3 Å². The van der Waals surface area contributed by atoms with E-state index in [1.54, 1.807) is 0 Å². The van der Waals surface area contributed by atoms with E-state index in [-0.39, 0.29) is 0 Å². The topological polar surface area (TPSA) is 21.3 Å². The van der Waals surface area contributed by atoms with Gasteiger partial charge in [-0.1, -0.05) is 27.2 Å². The van der Waals surface area contributed by atoms with E-state index in [0.717, 1.165) is 30.9 Å². The van der Waals surface area contributed by atoms with Crippen LogP contribution in [-0.4, -0.2) is 13.2 Å². The zero-order valence-electron chi connectivity index (χ0n) is 14.2. The number of nitrogens with one attached hydrogen (secondary N) is 1. The monoisotopic (exact) mass is 309 g/mol. The van der Waals surface area contributed by atoms with Gasteiger partial charge in [-0.3, -0.25) is 0 Å². The molecule has 1 aromatic rings. The first kappa shape index (κ1) is 17.0. The highest BCUT2D eigenvalue weighted by molar-refractivity contribution is 7.12. The fraction of sp³-hybridized carbons (Fsp3) is 0.778. The first-order chi connectivity index (χ1) is 10.0. The van der Waals surface area contributed by atoms with Crippen molar-refractivity contribution in [1.29, 1.82) is 0 Å². The van der Waals surface area contributed by atoms with Crippen molar-refractivity contribution < 1.29 is 4.74 Å². The average molecular weight is 310 g/mol. The molecule has 1 saturated carbocycles. The van der Waals surface area contributed by atoms with Crippen LogP contribution >= 0.6 is 11.3 Å². The summed E-state index contributed by atoms with van der Waals surface area (Å²) in [4.78, 5) is 2.82. The number of thiophene rings is 1. The molecule has 3 atom stereocenters. The van der Waals surface area contributed by atoms with Crippen LogP contribution in [0.25, 0.3) is 0 Å². The van der Waals surface area contributed by atoms with E-state index in [9.17, 15) is 0 Å². The molecule has 120 valence electrons. The number of hydrogen-bond acceptors (Lipinski definition) is 3. The summed E-state index contributed by atoms with van der Waals surface area (Å²) in [5.41, 5.74) is 1.38. The molecule has 0 bridgehead atoms. The third-order valence-corrected chi connectivity index (χ3v) is 5.93. The van der Waals surface area contributed by atoms with Gasteiger partial charge in [0.25, 0.3) is 0 Å². The Kier molecular flexibility index (Phi) is 6.27. The van der Waals surface area contributed by atoms with Gasteiger partial charge in [0.15, 0.2) is 0 Å². The highest BCUT2D eigenvalue weighted by Gasteiger charge is 2.31. The molecule has 1 aliphatic rings. The Hall–Kier alpha value is -0.380. The highest BCUT2D eigenvalue weighted by atomic mass is 32.1. The summed E-state index contributed by atoms with van der Waals surface area (Å²) in [5, 5.41) is 3.23. The van der Waals surface area contributed by atoms with Gasteiger partial charge in [0.2, 0.25) is 0 Å². The van der Waals surface area contributed by atoms with Gasteiger partial charge in [-0.05, 0) is 56.2 Å². The second-order valence-electron chi connectivity index (χ2n) is 7.00. The molecule has 0 spiro atoms. The molecule has 0 saturated heterocycles. The lowest BCUT2D eigenvalue weighted by Crippen LogP contribution is -2.34. The van der Waals surface area contributed by atoms with Crippen molar-refractivity contribution in [2.75, 3.05) is 7.05 Å². The number of rotatable bonds is 6. The fourth-order valence-corrected chi connectivity index (χ4v) is 4.56. The zero-order chi connectivity index (χ0) is 15.4. The molecular formula is C18H31NOS. The zero-order valence-corrected chi connectivity index (χ0v) is 15.1. The van der Waals surface area contributed by atoms with Crippen LogP contribution in [0.5, 0.6) is 0 Å². The van der Waals surface area contributed by atoms with Crippen LogP contribution in [0.15, 0.2) is 6.07 Å². The molecule has 1 aromatic heterocycles. The van der Waals surface area contributed by atoms with E-state index >= 15 is 0 Å². The van der Waals surface area contributed by atoms with Crippen LogP contribution in [0, 0.1) is 24.7 Å². The second kappa shape index (κ2) is 7.75. The molecule has 1 fully saturated rings. The van der Waals surface area contributed by atoms with Crippen molar-refractivity contribution in [3.8, 4) is 0 Å². The third-order valence-electron chi connectivity index (χ3n) is 4.84. The molecule has 0 amide bonds. The van der Waals surface area contributed by atoms with Crippen molar-refractivity contribution in [2.45, 2.75) is 66.2 Å². The number of ether oxygens (including phenoxy) is 1. The Bertz CT molecular complexity index is 440. The quantitative estimate of drug-likeness (QED) is 0.818. The average Bonchev–Trinajstić information content (AvgIpc) is 2.77. The van der Waals surface area contributed by atoms with E-state index in [0.29, 0.717) is 6.10 Å². The van der Waals surface area contributed by atoms with E-state index in [1.807, 2.05) is 18.4 Å². The molecule has 1 heterocycles. The molecule has 2 nitrogen and oxygen atoms in total. The Balaban J connectivity index is 1.96. The Labute approximate surface area is 134 Å². The maximum atomic E-state index is 6.37. The van der Waals surface area contributed by atoms with Gasteiger partial charge in [-0.25, -0.2) is 0 Å². The van der Waals surface area contributed by atoms with E-state index < -0.39 is 0 Å².